The van der Waals surface area contributed by atoms with Gasteiger partial charge < -0.3 is 30.1 Å². The summed E-state index contributed by atoms with van der Waals surface area (Å²) in [5, 5.41) is 15.7. The van der Waals surface area contributed by atoms with E-state index in [9.17, 15) is 14.0 Å². The first-order valence-corrected chi connectivity index (χ1v) is 16.1. The monoisotopic (exact) mass is 652 g/mol. The van der Waals surface area contributed by atoms with Crippen LogP contribution in [0.5, 0.6) is 0 Å². The van der Waals surface area contributed by atoms with Gasteiger partial charge in [-0.15, -0.1) is 5.10 Å². The predicted molar refractivity (Wildman–Crippen MR) is 177 cm³/mol. The minimum absolute atomic E-state index is 0.0115. The summed E-state index contributed by atoms with van der Waals surface area (Å²) in [6.07, 6.45) is 2.95. The number of likely N-dealkylation sites (tertiary alicyclic amines) is 1. The molecule has 1 aromatic carbocycles. The van der Waals surface area contributed by atoms with Crippen LogP contribution in [0.3, 0.4) is 0 Å². The molecule has 13 heteroatoms. The Labute approximate surface area is 274 Å². The summed E-state index contributed by atoms with van der Waals surface area (Å²) in [6, 6.07) is 9.60. The van der Waals surface area contributed by atoms with Crippen molar-refractivity contribution in [2.24, 2.45) is 0 Å². The first-order valence-electron chi connectivity index (χ1n) is 15.7. The Balaban J connectivity index is 1.32. The molecule has 46 heavy (non-hydrogen) atoms. The molecule has 3 aromatic rings. The van der Waals surface area contributed by atoms with Gasteiger partial charge in [-0.1, -0.05) is 11.6 Å². The number of carbonyl (C=O) groups excluding carboxylic acids is 2. The molecule has 4 heterocycles. The molecule has 2 aliphatic rings. The van der Waals surface area contributed by atoms with Crippen LogP contribution in [-0.2, 0) is 9.53 Å². The Morgan fingerprint density at radius 2 is 1.76 bits per heavy atom. The van der Waals surface area contributed by atoms with Crippen molar-refractivity contribution in [2.75, 3.05) is 63.5 Å². The fraction of sp³-hybridized carbons (Fsp3) is 0.485. The summed E-state index contributed by atoms with van der Waals surface area (Å²) < 4.78 is 20.4. The molecule has 2 aliphatic heterocycles. The number of benzene rings is 1. The fourth-order valence-electron chi connectivity index (χ4n) is 5.56. The Bertz CT molecular complexity index is 1540. The number of rotatable bonds is 8. The summed E-state index contributed by atoms with van der Waals surface area (Å²) in [5.41, 5.74) is 1.99. The number of halogens is 2. The summed E-state index contributed by atoms with van der Waals surface area (Å²) in [4.78, 5) is 36.0. The van der Waals surface area contributed by atoms with Gasteiger partial charge in [-0.2, -0.15) is 5.10 Å². The van der Waals surface area contributed by atoms with E-state index < -0.39 is 11.4 Å². The molecule has 0 radical (unpaired) electrons. The van der Waals surface area contributed by atoms with Crippen LogP contribution in [0, 0.1) is 5.82 Å². The zero-order valence-corrected chi connectivity index (χ0v) is 27.6. The van der Waals surface area contributed by atoms with E-state index in [1.807, 2.05) is 20.8 Å². The number of anilines is 3. The van der Waals surface area contributed by atoms with Crippen LogP contribution >= 0.6 is 11.6 Å². The van der Waals surface area contributed by atoms with Crippen LogP contribution in [0.1, 0.15) is 51.6 Å². The molecule has 2 amide bonds. The van der Waals surface area contributed by atoms with Crippen LogP contribution in [0.4, 0.5) is 26.4 Å². The second-order valence-electron chi connectivity index (χ2n) is 12.9. The molecule has 0 unspecified atom stereocenters. The van der Waals surface area contributed by atoms with Gasteiger partial charge in [-0.3, -0.25) is 4.79 Å². The first kappa shape index (κ1) is 33.5. The SMILES string of the molecule is CN1CCN(CCC(=O)Nc2cc(Nc3cc(-c4cc(Cl)ccc4F)nnc3C3CCN(C(=O)OC(C)(C)C)CC3)ccn2)CC1. The number of piperidine rings is 1. The van der Waals surface area contributed by atoms with Crippen molar-refractivity contribution in [3.8, 4) is 11.3 Å². The van der Waals surface area contributed by atoms with E-state index in [0.717, 1.165) is 26.2 Å². The summed E-state index contributed by atoms with van der Waals surface area (Å²) in [6.45, 7) is 11.1. The lowest BCUT2D eigenvalue weighted by molar-refractivity contribution is -0.116. The third-order valence-electron chi connectivity index (χ3n) is 8.12. The smallest absolute Gasteiger partial charge is 0.410 e. The summed E-state index contributed by atoms with van der Waals surface area (Å²) in [5.74, 6) is -0.162. The maximum Gasteiger partial charge on any atom is 0.410 e. The molecule has 2 aromatic heterocycles. The number of piperazine rings is 1. The zero-order chi connectivity index (χ0) is 32.8. The van der Waals surface area contributed by atoms with Crippen LogP contribution in [0.2, 0.25) is 5.02 Å². The number of nitrogens with one attached hydrogen (secondary N) is 2. The fourth-order valence-corrected chi connectivity index (χ4v) is 5.73. The first-order chi connectivity index (χ1) is 21.9. The van der Waals surface area contributed by atoms with Gasteiger partial charge in [0.25, 0.3) is 0 Å². The molecular weight excluding hydrogens is 611 g/mol. The van der Waals surface area contributed by atoms with Crippen molar-refractivity contribution in [1.82, 2.24) is 29.9 Å². The van der Waals surface area contributed by atoms with Gasteiger partial charge in [0.1, 0.15) is 17.2 Å². The Kier molecular flexibility index (Phi) is 10.7. The number of amides is 2. The molecular formula is C33H42ClFN8O3. The molecule has 0 bridgehead atoms. The van der Waals surface area contributed by atoms with Crippen molar-refractivity contribution in [3.63, 3.8) is 0 Å². The average Bonchev–Trinajstić information content (AvgIpc) is 3.01. The van der Waals surface area contributed by atoms with Crippen LogP contribution in [-0.4, -0.2) is 100 Å². The van der Waals surface area contributed by atoms with Crippen LogP contribution in [0.25, 0.3) is 11.3 Å². The van der Waals surface area contributed by atoms with Crippen molar-refractivity contribution >= 4 is 40.8 Å². The molecule has 2 N–H and O–H groups in total. The van der Waals surface area contributed by atoms with E-state index in [1.165, 1.54) is 18.2 Å². The van der Waals surface area contributed by atoms with E-state index in [1.54, 1.807) is 29.3 Å². The van der Waals surface area contributed by atoms with Crippen molar-refractivity contribution in [1.29, 1.82) is 0 Å². The number of carbonyl (C=O) groups is 2. The standard InChI is InChI=1S/C33H42ClFN8O3/c1-33(2,3)46-32(45)43-13-8-22(9-14-43)31-28(21-27(39-40-31)25-19-23(34)5-6-26(25)35)37-24-7-11-36-29(20-24)38-30(44)10-12-42-17-15-41(4)16-18-42/h5-7,11,19-22H,8-10,12-18H2,1-4H3,(H2,36,37,38,39,44). The Hall–Kier alpha value is -3.87. The molecule has 5 rings (SSSR count). The highest BCUT2D eigenvalue weighted by Crippen LogP contribution is 2.36. The number of likely N-dealkylation sites (N-methyl/N-ethyl adjacent to an activating group) is 1. The lowest BCUT2D eigenvalue weighted by Crippen LogP contribution is -2.45. The van der Waals surface area contributed by atoms with Gasteiger partial charge in [0.2, 0.25) is 5.91 Å². The van der Waals surface area contributed by atoms with E-state index in [4.69, 9.17) is 16.3 Å². The number of aromatic nitrogens is 3. The van der Waals surface area contributed by atoms with Gasteiger partial charge in [-0.05, 0) is 71.0 Å². The highest BCUT2D eigenvalue weighted by molar-refractivity contribution is 6.30. The van der Waals surface area contributed by atoms with Gasteiger partial charge in [0, 0.05) is 86.7 Å². The van der Waals surface area contributed by atoms with Crippen LogP contribution < -0.4 is 10.6 Å². The highest BCUT2D eigenvalue weighted by Gasteiger charge is 2.30. The molecule has 246 valence electrons. The molecule has 11 nitrogen and oxygen atoms in total. The third-order valence-corrected chi connectivity index (χ3v) is 8.35. The number of hydrogen-bond donors (Lipinski definition) is 2. The van der Waals surface area contributed by atoms with Gasteiger partial charge in [-0.25, -0.2) is 14.2 Å². The number of ether oxygens (including phenoxy) is 1. The quantitative estimate of drug-likeness (QED) is 0.313. The topological polar surface area (TPSA) is 116 Å². The zero-order valence-electron chi connectivity index (χ0n) is 26.9. The minimum Gasteiger partial charge on any atom is -0.444 e. The minimum atomic E-state index is -0.574. The Morgan fingerprint density at radius 1 is 1.02 bits per heavy atom. The average molecular weight is 653 g/mol. The molecule has 0 spiro atoms. The van der Waals surface area contributed by atoms with Gasteiger partial charge >= 0.3 is 6.09 Å². The summed E-state index contributed by atoms with van der Waals surface area (Å²) >= 11 is 6.18. The number of pyridine rings is 1. The Morgan fingerprint density at radius 3 is 2.48 bits per heavy atom. The van der Waals surface area contributed by atoms with E-state index in [0.29, 0.717) is 72.5 Å². The van der Waals surface area contributed by atoms with Crippen molar-refractivity contribution in [2.45, 2.75) is 51.6 Å². The van der Waals surface area contributed by atoms with Crippen LogP contribution in [0.15, 0.2) is 42.6 Å². The third kappa shape index (κ3) is 9.11. The molecule has 2 fully saturated rings. The number of nitrogens with zero attached hydrogens (tertiary/aromatic N) is 6. The molecule has 0 aliphatic carbocycles. The van der Waals surface area contributed by atoms with Crippen molar-refractivity contribution in [3.05, 3.63) is 59.1 Å². The lowest BCUT2D eigenvalue weighted by Gasteiger charge is -2.33. The predicted octanol–water partition coefficient (Wildman–Crippen LogP) is 5.77. The van der Waals surface area contributed by atoms with E-state index >= 15 is 0 Å². The largest absolute Gasteiger partial charge is 0.444 e. The molecule has 0 atom stereocenters. The maximum atomic E-state index is 14.8. The maximum absolute atomic E-state index is 14.8. The lowest BCUT2D eigenvalue weighted by atomic mass is 9.92. The van der Waals surface area contributed by atoms with Gasteiger partial charge in [0.05, 0.1) is 17.1 Å². The summed E-state index contributed by atoms with van der Waals surface area (Å²) in [7, 11) is 2.10. The second-order valence-corrected chi connectivity index (χ2v) is 13.3. The number of hydrogen-bond acceptors (Lipinski definition) is 9. The normalized spacial score (nSPS) is 16.7. The van der Waals surface area contributed by atoms with E-state index in [2.05, 4.69) is 42.7 Å². The molecule has 2 saturated heterocycles. The molecule has 0 saturated carbocycles. The van der Waals surface area contributed by atoms with E-state index in [-0.39, 0.29) is 23.5 Å². The van der Waals surface area contributed by atoms with Crippen molar-refractivity contribution < 1.29 is 18.7 Å². The highest BCUT2D eigenvalue weighted by atomic mass is 35.5. The second kappa shape index (κ2) is 14.7. The van der Waals surface area contributed by atoms with Gasteiger partial charge in [0.15, 0.2) is 0 Å².